The molecule has 4 aromatic rings. The van der Waals surface area contributed by atoms with Crippen molar-refractivity contribution in [1.82, 2.24) is 9.88 Å². The number of fused-ring (bicyclic) bond motifs is 1. The largest absolute Gasteiger partial charge is 0.467 e. The third kappa shape index (κ3) is 3.44. The summed E-state index contributed by atoms with van der Waals surface area (Å²) in [5.74, 6) is 0.269. The Morgan fingerprint density at radius 2 is 1.85 bits per heavy atom. The van der Waals surface area contributed by atoms with Crippen molar-refractivity contribution in [3.8, 4) is 11.3 Å². The number of rotatable bonds is 4. The molecule has 0 saturated carbocycles. The standard InChI is InChI=1S/C22H17FN2O2/c1-25(14-17-5-4-12-27-17)22(26)19-13-21(15-8-10-16(23)11-9-15)24-20-7-3-2-6-18(19)20/h2-13H,14H2,1H3. The molecule has 27 heavy (non-hydrogen) atoms. The first kappa shape index (κ1) is 17.0. The second-order valence-electron chi connectivity index (χ2n) is 6.32. The van der Waals surface area contributed by atoms with E-state index in [1.807, 2.05) is 30.3 Å². The Balaban J connectivity index is 1.78. The third-order valence-electron chi connectivity index (χ3n) is 4.41. The molecule has 4 nitrogen and oxygen atoms in total. The van der Waals surface area contributed by atoms with E-state index in [1.54, 1.807) is 42.5 Å². The van der Waals surface area contributed by atoms with Crippen molar-refractivity contribution in [1.29, 1.82) is 0 Å². The minimum atomic E-state index is -0.311. The Morgan fingerprint density at radius 1 is 1.07 bits per heavy atom. The fourth-order valence-corrected chi connectivity index (χ4v) is 3.03. The van der Waals surface area contributed by atoms with E-state index in [4.69, 9.17) is 4.42 Å². The molecule has 5 heteroatoms. The highest BCUT2D eigenvalue weighted by Crippen LogP contribution is 2.26. The number of carbonyl (C=O) groups excluding carboxylic acids is 1. The Bertz CT molecular complexity index is 1090. The lowest BCUT2D eigenvalue weighted by Crippen LogP contribution is -2.26. The quantitative estimate of drug-likeness (QED) is 0.520. The van der Waals surface area contributed by atoms with Gasteiger partial charge >= 0.3 is 0 Å². The van der Waals surface area contributed by atoms with Gasteiger partial charge in [0.2, 0.25) is 0 Å². The topological polar surface area (TPSA) is 46.3 Å². The van der Waals surface area contributed by atoms with Gasteiger partial charge in [0, 0.05) is 18.0 Å². The first-order valence-corrected chi connectivity index (χ1v) is 8.55. The van der Waals surface area contributed by atoms with E-state index >= 15 is 0 Å². The van der Waals surface area contributed by atoms with E-state index < -0.39 is 0 Å². The van der Waals surface area contributed by atoms with Crippen molar-refractivity contribution in [2.75, 3.05) is 7.05 Å². The number of aromatic nitrogens is 1. The molecule has 0 atom stereocenters. The van der Waals surface area contributed by atoms with Crippen LogP contribution in [-0.4, -0.2) is 22.8 Å². The molecule has 4 rings (SSSR count). The van der Waals surface area contributed by atoms with Gasteiger partial charge in [-0.2, -0.15) is 0 Å². The minimum absolute atomic E-state index is 0.131. The number of halogens is 1. The lowest BCUT2D eigenvalue weighted by molar-refractivity contribution is 0.0777. The van der Waals surface area contributed by atoms with Crippen molar-refractivity contribution < 1.29 is 13.6 Å². The van der Waals surface area contributed by atoms with Crippen molar-refractivity contribution in [2.45, 2.75) is 6.54 Å². The number of hydrogen-bond acceptors (Lipinski definition) is 3. The van der Waals surface area contributed by atoms with Crippen LogP contribution in [-0.2, 0) is 6.54 Å². The van der Waals surface area contributed by atoms with Gasteiger partial charge in [-0.3, -0.25) is 4.79 Å². The second-order valence-corrected chi connectivity index (χ2v) is 6.32. The average Bonchev–Trinajstić information content (AvgIpc) is 3.20. The van der Waals surface area contributed by atoms with E-state index in [9.17, 15) is 9.18 Å². The molecule has 134 valence electrons. The summed E-state index contributed by atoms with van der Waals surface area (Å²) in [5, 5.41) is 0.777. The van der Waals surface area contributed by atoms with Crippen LogP contribution in [0.1, 0.15) is 16.1 Å². The molecule has 1 amide bonds. The molecule has 2 heterocycles. The van der Waals surface area contributed by atoms with Crippen LogP contribution in [0.25, 0.3) is 22.2 Å². The maximum atomic E-state index is 13.3. The summed E-state index contributed by atoms with van der Waals surface area (Å²) < 4.78 is 18.6. The maximum Gasteiger partial charge on any atom is 0.254 e. The van der Waals surface area contributed by atoms with Crippen molar-refractivity contribution in [3.63, 3.8) is 0 Å². The Morgan fingerprint density at radius 3 is 2.59 bits per heavy atom. The Kier molecular flexibility index (Phi) is 4.42. The number of carbonyl (C=O) groups is 1. The summed E-state index contributed by atoms with van der Waals surface area (Å²) in [5.41, 5.74) is 2.65. The zero-order valence-corrected chi connectivity index (χ0v) is 14.7. The normalized spacial score (nSPS) is 10.9. The molecule has 2 aromatic heterocycles. The molecule has 0 radical (unpaired) electrons. The Hall–Kier alpha value is -3.47. The molecule has 0 saturated heterocycles. The van der Waals surface area contributed by atoms with Gasteiger partial charge in [0.15, 0.2) is 0 Å². The van der Waals surface area contributed by atoms with Crippen LogP contribution < -0.4 is 0 Å². The lowest BCUT2D eigenvalue weighted by Gasteiger charge is -2.18. The van der Waals surface area contributed by atoms with Crippen molar-refractivity contribution in [3.05, 3.63) is 90.1 Å². The highest BCUT2D eigenvalue weighted by atomic mass is 19.1. The van der Waals surface area contributed by atoms with Gasteiger partial charge in [-0.15, -0.1) is 0 Å². The van der Waals surface area contributed by atoms with Gasteiger partial charge in [-0.25, -0.2) is 9.37 Å². The summed E-state index contributed by atoms with van der Waals surface area (Å²) in [7, 11) is 1.73. The van der Waals surface area contributed by atoms with Gasteiger partial charge in [-0.05, 0) is 48.5 Å². The maximum absolute atomic E-state index is 13.3. The van der Waals surface area contributed by atoms with Crippen LogP contribution in [0.5, 0.6) is 0 Å². The predicted octanol–water partition coefficient (Wildman–Crippen LogP) is 4.91. The van der Waals surface area contributed by atoms with E-state index in [-0.39, 0.29) is 11.7 Å². The first-order valence-electron chi connectivity index (χ1n) is 8.55. The molecule has 0 aliphatic carbocycles. The van der Waals surface area contributed by atoms with E-state index in [0.717, 1.165) is 10.9 Å². The van der Waals surface area contributed by atoms with Gasteiger partial charge in [0.05, 0.1) is 29.6 Å². The van der Waals surface area contributed by atoms with Crippen LogP contribution in [0.2, 0.25) is 0 Å². The molecular weight excluding hydrogens is 343 g/mol. The van der Waals surface area contributed by atoms with Crippen molar-refractivity contribution in [2.24, 2.45) is 0 Å². The van der Waals surface area contributed by atoms with Gasteiger partial charge in [0.25, 0.3) is 5.91 Å². The lowest BCUT2D eigenvalue weighted by atomic mass is 10.0. The molecule has 0 aliphatic rings. The number of hydrogen-bond donors (Lipinski definition) is 0. The molecule has 0 N–H and O–H groups in total. The fourth-order valence-electron chi connectivity index (χ4n) is 3.03. The van der Waals surface area contributed by atoms with Gasteiger partial charge in [-0.1, -0.05) is 18.2 Å². The fraction of sp³-hybridized carbons (Fsp3) is 0.0909. The zero-order chi connectivity index (χ0) is 18.8. The van der Waals surface area contributed by atoms with Crippen LogP contribution in [0.3, 0.4) is 0 Å². The van der Waals surface area contributed by atoms with E-state index in [1.165, 1.54) is 12.1 Å². The van der Waals surface area contributed by atoms with Crippen molar-refractivity contribution >= 4 is 16.8 Å². The number of pyridine rings is 1. The number of furan rings is 1. The zero-order valence-electron chi connectivity index (χ0n) is 14.7. The molecule has 0 unspecified atom stereocenters. The molecular formula is C22H17FN2O2. The van der Waals surface area contributed by atoms with Crippen LogP contribution >= 0.6 is 0 Å². The predicted molar refractivity (Wildman–Crippen MR) is 102 cm³/mol. The summed E-state index contributed by atoms with van der Waals surface area (Å²) in [6.45, 7) is 0.369. The summed E-state index contributed by atoms with van der Waals surface area (Å²) in [6.07, 6.45) is 1.59. The smallest absolute Gasteiger partial charge is 0.254 e. The number of amides is 1. The summed E-state index contributed by atoms with van der Waals surface area (Å²) >= 11 is 0. The monoisotopic (exact) mass is 360 g/mol. The number of benzene rings is 2. The van der Waals surface area contributed by atoms with Crippen LogP contribution in [0.4, 0.5) is 4.39 Å². The first-order chi connectivity index (χ1) is 13.1. The molecule has 0 aliphatic heterocycles. The highest BCUT2D eigenvalue weighted by molar-refractivity contribution is 6.07. The Labute approximate surface area is 155 Å². The van der Waals surface area contributed by atoms with Crippen LogP contribution in [0.15, 0.2) is 77.4 Å². The van der Waals surface area contributed by atoms with E-state index in [0.29, 0.717) is 29.1 Å². The molecule has 0 spiro atoms. The van der Waals surface area contributed by atoms with Gasteiger partial charge < -0.3 is 9.32 Å². The average molecular weight is 360 g/mol. The van der Waals surface area contributed by atoms with Crippen LogP contribution in [0, 0.1) is 5.82 Å². The summed E-state index contributed by atoms with van der Waals surface area (Å²) in [6, 6.07) is 19.0. The van der Waals surface area contributed by atoms with E-state index in [2.05, 4.69) is 4.98 Å². The van der Waals surface area contributed by atoms with Gasteiger partial charge in [0.1, 0.15) is 11.6 Å². The second kappa shape index (κ2) is 7.03. The molecule has 0 bridgehead atoms. The SMILES string of the molecule is CN(Cc1ccco1)C(=O)c1cc(-c2ccc(F)cc2)nc2ccccc12. The number of para-hydroxylation sites is 1. The summed E-state index contributed by atoms with van der Waals surface area (Å²) in [4.78, 5) is 19.4. The third-order valence-corrected chi connectivity index (χ3v) is 4.41. The minimum Gasteiger partial charge on any atom is -0.467 e. The molecule has 2 aromatic carbocycles. The highest BCUT2D eigenvalue weighted by Gasteiger charge is 2.18. The molecule has 0 fully saturated rings. The number of nitrogens with zero attached hydrogens (tertiary/aromatic N) is 2.